The summed E-state index contributed by atoms with van der Waals surface area (Å²) in [6, 6.07) is 0.711. The molecule has 0 saturated heterocycles. The maximum Gasteiger partial charge on any atom is 0.357 e. The van der Waals surface area contributed by atoms with Crippen molar-refractivity contribution in [3.05, 3.63) is 12.0 Å². The number of carbonyl (C=O) groups is 1. The summed E-state index contributed by atoms with van der Waals surface area (Å²) >= 11 is 0. The van der Waals surface area contributed by atoms with E-state index in [1.54, 1.807) is 0 Å². The maximum absolute atomic E-state index is 10.4. The first-order chi connectivity index (χ1) is 6.25. The highest BCUT2D eigenvalue weighted by atomic mass is 16.4. The van der Waals surface area contributed by atoms with Crippen LogP contribution < -0.4 is 5.32 Å². The van der Waals surface area contributed by atoms with E-state index in [9.17, 15) is 4.79 Å². The van der Waals surface area contributed by atoms with Crippen LogP contribution in [0.4, 0.5) is 6.01 Å². The second kappa shape index (κ2) is 3.08. The molecule has 1 aromatic heterocycles. The zero-order valence-corrected chi connectivity index (χ0v) is 6.99. The number of anilines is 1. The molecular weight excluding hydrogens is 172 g/mol. The van der Waals surface area contributed by atoms with E-state index in [-0.39, 0.29) is 5.69 Å². The molecular formula is C8H10N2O3. The summed E-state index contributed by atoms with van der Waals surface area (Å²) in [7, 11) is 0. The fraction of sp³-hybridized carbons (Fsp3) is 0.500. The summed E-state index contributed by atoms with van der Waals surface area (Å²) in [5.74, 6) is -1.06. The van der Waals surface area contributed by atoms with E-state index in [0.717, 1.165) is 19.1 Å². The van der Waals surface area contributed by atoms with Crippen molar-refractivity contribution in [3.8, 4) is 0 Å². The Labute approximate surface area is 74.8 Å². The molecule has 13 heavy (non-hydrogen) atoms. The lowest BCUT2D eigenvalue weighted by Gasteiger charge is -2.25. The molecule has 0 spiro atoms. The number of hydrogen-bond donors (Lipinski definition) is 2. The van der Waals surface area contributed by atoms with E-state index in [4.69, 9.17) is 9.52 Å². The highest BCUT2D eigenvalue weighted by Crippen LogP contribution is 2.22. The molecule has 1 aliphatic carbocycles. The quantitative estimate of drug-likeness (QED) is 0.737. The number of aromatic carboxylic acids is 1. The fourth-order valence-corrected chi connectivity index (χ4v) is 1.17. The van der Waals surface area contributed by atoms with Crippen LogP contribution in [-0.4, -0.2) is 22.1 Å². The first-order valence-electron chi connectivity index (χ1n) is 4.21. The average Bonchev–Trinajstić information content (AvgIpc) is 2.44. The van der Waals surface area contributed by atoms with Crippen molar-refractivity contribution in [3.63, 3.8) is 0 Å². The third-order valence-corrected chi connectivity index (χ3v) is 2.16. The molecule has 0 unspecified atom stereocenters. The molecule has 1 saturated carbocycles. The van der Waals surface area contributed by atoms with E-state index in [1.165, 1.54) is 6.42 Å². The minimum atomic E-state index is -1.06. The third-order valence-electron chi connectivity index (χ3n) is 2.16. The predicted molar refractivity (Wildman–Crippen MR) is 44.7 cm³/mol. The molecule has 1 aliphatic rings. The molecule has 5 heteroatoms. The number of carboxylic acids is 1. The SMILES string of the molecule is O=C(O)c1coc(NC2CCC2)n1. The third kappa shape index (κ3) is 1.63. The Kier molecular flexibility index (Phi) is 1.92. The molecule has 0 amide bonds. The van der Waals surface area contributed by atoms with Gasteiger partial charge in [-0.1, -0.05) is 0 Å². The molecule has 1 fully saturated rings. The molecule has 70 valence electrons. The molecule has 0 radical (unpaired) electrons. The zero-order chi connectivity index (χ0) is 9.26. The minimum absolute atomic E-state index is 0.0539. The van der Waals surface area contributed by atoms with Gasteiger partial charge in [0.2, 0.25) is 0 Å². The Morgan fingerprint density at radius 1 is 1.69 bits per heavy atom. The van der Waals surface area contributed by atoms with E-state index in [0.29, 0.717) is 12.1 Å². The van der Waals surface area contributed by atoms with Crippen molar-refractivity contribution in [1.29, 1.82) is 0 Å². The van der Waals surface area contributed by atoms with Gasteiger partial charge in [0.05, 0.1) is 0 Å². The molecule has 1 aromatic rings. The number of hydrogen-bond acceptors (Lipinski definition) is 4. The molecule has 1 heterocycles. The van der Waals surface area contributed by atoms with E-state index >= 15 is 0 Å². The van der Waals surface area contributed by atoms with Crippen molar-refractivity contribution in [2.24, 2.45) is 0 Å². The van der Waals surface area contributed by atoms with Crippen LogP contribution in [0.2, 0.25) is 0 Å². The monoisotopic (exact) mass is 182 g/mol. The number of aromatic nitrogens is 1. The van der Waals surface area contributed by atoms with Gasteiger partial charge in [-0.2, -0.15) is 4.98 Å². The van der Waals surface area contributed by atoms with Gasteiger partial charge in [-0.25, -0.2) is 4.79 Å². The molecule has 0 aromatic carbocycles. The number of oxazole rings is 1. The van der Waals surface area contributed by atoms with Gasteiger partial charge in [-0.3, -0.25) is 0 Å². The lowest BCUT2D eigenvalue weighted by atomic mass is 9.93. The van der Waals surface area contributed by atoms with E-state index < -0.39 is 5.97 Å². The smallest absolute Gasteiger partial charge is 0.357 e. The van der Waals surface area contributed by atoms with Gasteiger partial charge >= 0.3 is 5.97 Å². The normalized spacial score (nSPS) is 16.6. The highest BCUT2D eigenvalue weighted by Gasteiger charge is 2.19. The molecule has 2 rings (SSSR count). The summed E-state index contributed by atoms with van der Waals surface area (Å²) in [5, 5.41) is 11.6. The molecule has 0 bridgehead atoms. The molecule has 0 atom stereocenters. The first-order valence-corrected chi connectivity index (χ1v) is 4.21. The number of nitrogens with zero attached hydrogens (tertiary/aromatic N) is 1. The van der Waals surface area contributed by atoms with Crippen LogP contribution in [0.5, 0.6) is 0 Å². The lowest BCUT2D eigenvalue weighted by molar-refractivity contribution is 0.0690. The summed E-state index contributed by atoms with van der Waals surface area (Å²) < 4.78 is 4.93. The van der Waals surface area contributed by atoms with Crippen molar-refractivity contribution in [2.45, 2.75) is 25.3 Å². The highest BCUT2D eigenvalue weighted by molar-refractivity contribution is 5.85. The van der Waals surface area contributed by atoms with Gasteiger partial charge < -0.3 is 14.8 Å². The lowest BCUT2D eigenvalue weighted by Crippen LogP contribution is -2.27. The zero-order valence-electron chi connectivity index (χ0n) is 6.99. The van der Waals surface area contributed by atoms with Crippen LogP contribution in [0.3, 0.4) is 0 Å². The first kappa shape index (κ1) is 8.10. The Bertz CT molecular complexity index is 317. The largest absolute Gasteiger partial charge is 0.476 e. The van der Waals surface area contributed by atoms with Crippen molar-refractivity contribution >= 4 is 12.0 Å². The van der Waals surface area contributed by atoms with Crippen LogP contribution in [0.25, 0.3) is 0 Å². The van der Waals surface area contributed by atoms with Crippen molar-refractivity contribution < 1.29 is 14.3 Å². The minimum Gasteiger partial charge on any atom is -0.476 e. The van der Waals surface area contributed by atoms with Crippen LogP contribution in [0.15, 0.2) is 10.7 Å². The Balaban J connectivity index is 2.00. The standard InChI is InChI=1S/C8H10N2O3/c11-7(12)6-4-13-8(10-6)9-5-2-1-3-5/h4-5H,1-3H2,(H,9,10)(H,11,12). The van der Waals surface area contributed by atoms with Gasteiger partial charge in [-0.05, 0) is 19.3 Å². The van der Waals surface area contributed by atoms with Gasteiger partial charge in [0.25, 0.3) is 6.01 Å². The van der Waals surface area contributed by atoms with Crippen LogP contribution in [-0.2, 0) is 0 Å². The summed E-state index contributed by atoms with van der Waals surface area (Å²) in [6.07, 6.45) is 4.56. The number of nitrogens with one attached hydrogen (secondary N) is 1. The van der Waals surface area contributed by atoms with Crippen molar-refractivity contribution in [1.82, 2.24) is 4.98 Å². The van der Waals surface area contributed by atoms with Gasteiger partial charge in [0, 0.05) is 6.04 Å². The summed E-state index contributed by atoms with van der Waals surface area (Å²) in [4.78, 5) is 14.2. The number of carboxylic acid groups (broad SMARTS) is 1. The summed E-state index contributed by atoms with van der Waals surface area (Å²) in [6.45, 7) is 0. The van der Waals surface area contributed by atoms with Crippen LogP contribution >= 0.6 is 0 Å². The molecule has 5 nitrogen and oxygen atoms in total. The van der Waals surface area contributed by atoms with Crippen LogP contribution in [0, 0.1) is 0 Å². The van der Waals surface area contributed by atoms with Gasteiger partial charge in [-0.15, -0.1) is 0 Å². The van der Waals surface area contributed by atoms with E-state index in [1.807, 2.05) is 0 Å². The van der Waals surface area contributed by atoms with Gasteiger partial charge in [0.1, 0.15) is 6.26 Å². The topological polar surface area (TPSA) is 75.4 Å². The Morgan fingerprint density at radius 3 is 2.92 bits per heavy atom. The second-order valence-electron chi connectivity index (χ2n) is 3.12. The van der Waals surface area contributed by atoms with E-state index in [2.05, 4.69) is 10.3 Å². The van der Waals surface area contributed by atoms with Crippen molar-refractivity contribution in [2.75, 3.05) is 5.32 Å². The summed E-state index contributed by atoms with van der Waals surface area (Å²) in [5.41, 5.74) is -0.0539. The fourth-order valence-electron chi connectivity index (χ4n) is 1.17. The molecule has 2 N–H and O–H groups in total. The molecule has 0 aliphatic heterocycles. The number of rotatable bonds is 3. The Hall–Kier alpha value is -1.52. The predicted octanol–water partition coefficient (Wildman–Crippen LogP) is 1.34. The second-order valence-corrected chi connectivity index (χ2v) is 3.12. The Morgan fingerprint density at radius 2 is 2.46 bits per heavy atom. The van der Waals surface area contributed by atoms with Crippen LogP contribution in [0.1, 0.15) is 29.8 Å². The average molecular weight is 182 g/mol. The van der Waals surface area contributed by atoms with Gasteiger partial charge in [0.15, 0.2) is 5.69 Å². The maximum atomic E-state index is 10.4.